The van der Waals surface area contributed by atoms with E-state index in [4.69, 9.17) is 28.9 Å². The van der Waals surface area contributed by atoms with Crippen LogP contribution in [-0.4, -0.2) is 4.98 Å². The van der Waals surface area contributed by atoms with E-state index in [1.165, 1.54) is 0 Å². The highest BCUT2D eigenvalue weighted by molar-refractivity contribution is 7.09. The average Bonchev–Trinajstić information content (AvgIpc) is 2.62. The van der Waals surface area contributed by atoms with Crippen molar-refractivity contribution in [2.24, 2.45) is 0 Å². The summed E-state index contributed by atoms with van der Waals surface area (Å²) >= 11 is 13.7. The van der Waals surface area contributed by atoms with Crippen molar-refractivity contribution in [3.05, 3.63) is 38.3 Å². The summed E-state index contributed by atoms with van der Waals surface area (Å²) in [4.78, 5) is 4.35. The molecule has 0 amide bonds. The minimum atomic E-state index is 0.517. The molecule has 2 rings (SSSR count). The molecule has 3 N–H and O–H groups in total. The van der Waals surface area contributed by atoms with Crippen LogP contribution in [0.2, 0.25) is 10.0 Å². The molecular weight excluding hydrogens is 277 g/mol. The minimum Gasteiger partial charge on any atom is -0.399 e. The molecule has 0 spiro atoms. The van der Waals surface area contributed by atoms with Gasteiger partial charge in [0.15, 0.2) is 0 Å². The number of hydrogen-bond acceptors (Lipinski definition) is 4. The van der Waals surface area contributed by atoms with Gasteiger partial charge in [-0.1, -0.05) is 23.2 Å². The first-order valence-corrected chi connectivity index (χ1v) is 6.59. The van der Waals surface area contributed by atoms with Gasteiger partial charge >= 0.3 is 0 Å². The van der Waals surface area contributed by atoms with Crippen molar-refractivity contribution in [3.63, 3.8) is 0 Å². The highest BCUT2D eigenvalue weighted by Gasteiger charge is 2.07. The zero-order chi connectivity index (χ0) is 12.4. The fraction of sp³-hybridized carbons (Fsp3) is 0.182. The van der Waals surface area contributed by atoms with E-state index in [1.54, 1.807) is 23.5 Å². The Balaban J connectivity index is 2.14. The Kier molecular flexibility index (Phi) is 3.76. The van der Waals surface area contributed by atoms with E-state index >= 15 is 0 Å². The number of nitrogens with zero attached hydrogens (tertiary/aromatic N) is 1. The van der Waals surface area contributed by atoms with Gasteiger partial charge in [-0.25, -0.2) is 4.98 Å². The van der Waals surface area contributed by atoms with Gasteiger partial charge in [-0.05, 0) is 19.1 Å². The molecule has 2 aromatic rings. The lowest BCUT2D eigenvalue weighted by atomic mass is 10.3. The number of halogens is 2. The van der Waals surface area contributed by atoms with E-state index in [0.717, 1.165) is 10.7 Å². The van der Waals surface area contributed by atoms with Crippen LogP contribution in [0.25, 0.3) is 0 Å². The molecule has 6 heteroatoms. The van der Waals surface area contributed by atoms with Gasteiger partial charge in [0.1, 0.15) is 5.01 Å². The van der Waals surface area contributed by atoms with Gasteiger partial charge < -0.3 is 11.1 Å². The fourth-order valence-electron chi connectivity index (χ4n) is 1.41. The first kappa shape index (κ1) is 12.5. The third-order valence-corrected chi connectivity index (χ3v) is 3.71. The van der Waals surface area contributed by atoms with Gasteiger partial charge in [0.05, 0.1) is 22.3 Å². The summed E-state index contributed by atoms with van der Waals surface area (Å²) in [5.74, 6) is 0. The van der Waals surface area contributed by atoms with Gasteiger partial charge in [-0.2, -0.15) is 0 Å². The van der Waals surface area contributed by atoms with Crippen molar-refractivity contribution in [3.8, 4) is 0 Å². The molecule has 0 fully saturated rings. The number of aromatic nitrogens is 1. The third-order valence-electron chi connectivity index (χ3n) is 2.15. The summed E-state index contributed by atoms with van der Waals surface area (Å²) in [6, 6.07) is 3.34. The van der Waals surface area contributed by atoms with Crippen LogP contribution in [-0.2, 0) is 6.54 Å². The number of aryl methyl sites for hydroxylation is 1. The molecule has 0 saturated carbocycles. The quantitative estimate of drug-likeness (QED) is 0.841. The van der Waals surface area contributed by atoms with Crippen LogP contribution >= 0.6 is 34.5 Å². The molecule has 1 aromatic heterocycles. The van der Waals surface area contributed by atoms with Crippen LogP contribution < -0.4 is 11.1 Å². The SMILES string of the molecule is Cc1csc(CNc2c(Cl)cc(N)cc2Cl)n1. The predicted octanol–water partition coefficient (Wildman–Crippen LogP) is 3.95. The molecule has 0 aliphatic heterocycles. The Morgan fingerprint density at radius 1 is 1.35 bits per heavy atom. The smallest absolute Gasteiger partial charge is 0.112 e. The Hall–Kier alpha value is -0.970. The molecule has 3 nitrogen and oxygen atoms in total. The van der Waals surface area contributed by atoms with Gasteiger partial charge in [-0.15, -0.1) is 11.3 Å². The number of anilines is 2. The average molecular weight is 288 g/mol. The minimum absolute atomic E-state index is 0.517. The molecule has 1 aromatic carbocycles. The van der Waals surface area contributed by atoms with Gasteiger partial charge in [0.2, 0.25) is 0 Å². The number of nitrogen functional groups attached to an aromatic ring is 1. The van der Waals surface area contributed by atoms with E-state index in [-0.39, 0.29) is 0 Å². The molecule has 1 heterocycles. The van der Waals surface area contributed by atoms with Crippen LogP contribution in [0, 0.1) is 6.92 Å². The molecule has 0 aliphatic rings. The first-order chi connectivity index (χ1) is 8.06. The number of benzene rings is 1. The second kappa shape index (κ2) is 5.12. The van der Waals surface area contributed by atoms with Crippen LogP contribution in [0.3, 0.4) is 0 Å². The monoisotopic (exact) mass is 287 g/mol. The number of hydrogen-bond donors (Lipinski definition) is 2. The first-order valence-electron chi connectivity index (χ1n) is 4.95. The summed E-state index contributed by atoms with van der Waals surface area (Å²) < 4.78 is 0. The largest absolute Gasteiger partial charge is 0.399 e. The van der Waals surface area contributed by atoms with Gasteiger partial charge in [-0.3, -0.25) is 0 Å². The van der Waals surface area contributed by atoms with Crippen molar-refractivity contribution in [1.29, 1.82) is 0 Å². The molecule has 0 bridgehead atoms. The van der Waals surface area contributed by atoms with Crippen molar-refractivity contribution >= 4 is 45.9 Å². The van der Waals surface area contributed by atoms with Crippen LogP contribution in [0.1, 0.15) is 10.7 Å². The number of nitrogens with one attached hydrogen (secondary N) is 1. The van der Waals surface area contributed by atoms with Crippen LogP contribution in [0.5, 0.6) is 0 Å². The topological polar surface area (TPSA) is 50.9 Å². The fourth-order valence-corrected chi connectivity index (χ4v) is 2.76. The number of rotatable bonds is 3. The van der Waals surface area contributed by atoms with Crippen LogP contribution in [0.4, 0.5) is 11.4 Å². The molecule has 90 valence electrons. The third kappa shape index (κ3) is 3.03. The molecule has 0 radical (unpaired) electrons. The van der Waals surface area contributed by atoms with E-state index in [1.807, 2.05) is 12.3 Å². The van der Waals surface area contributed by atoms with E-state index in [2.05, 4.69) is 10.3 Å². The summed E-state index contributed by atoms with van der Waals surface area (Å²) in [6.07, 6.45) is 0. The van der Waals surface area contributed by atoms with Crippen molar-refractivity contribution in [2.45, 2.75) is 13.5 Å². The summed E-state index contributed by atoms with van der Waals surface area (Å²) in [5, 5.41) is 7.20. The lowest BCUT2D eigenvalue weighted by Crippen LogP contribution is -2.01. The molecule has 17 heavy (non-hydrogen) atoms. The Labute approximate surface area is 114 Å². The van der Waals surface area contributed by atoms with Crippen LogP contribution in [0.15, 0.2) is 17.5 Å². The van der Waals surface area contributed by atoms with Crippen molar-refractivity contribution in [1.82, 2.24) is 4.98 Å². The standard InChI is InChI=1S/C11H11Cl2N3S/c1-6-5-17-10(16-6)4-15-11-8(12)2-7(14)3-9(11)13/h2-3,5,15H,4,14H2,1H3. The summed E-state index contributed by atoms with van der Waals surface area (Å²) in [5.41, 5.74) is 7.89. The Morgan fingerprint density at radius 3 is 2.53 bits per heavy atom. The molecule has 0 saturated heterocycles. The second-order valence-corrected chi connectivity index (χ2v) is 5.35. The van der Waals surface area contributed by atoms with E-state index < -0.39 is 0 Å². The van der Waals surface area contributed by atoms with Gasteiger partial charge in [0, 0.05) is 16.8 Å². The highest BCUT2D eigenvalue weighted by Crippen LogP contribution is 2.33. The number of nitrogens with two attached hydrogens (primary N) is 1. The summed E-state index contributed by atoms with van der Waals surface area (Å²) in [7, 11) is 0. The van der Waals surface area contributed by atoms with Crippen molar-refractivity contribution < 1.29 is 0 Å². The normalized spacial score (nSPS) is 10.5. The Bertz CT molecular complexity index is 516. The zero-order valence-electron chi connectivity index (χ0n) is 9.13. The maximum absolute atomic E-state index is 6.06. The molecule has 0 atom stereocenters. The summed E-state index contributed by atoms with van der Waals surface area (Å²) in [6.45, 7) is 2.56. The molecule has 0 aliphatic carbocycles. The lowest BCUT2D eigenvalue weighted by molar-refractivity contribution is 1.08. The van der Waals surface area contributed by atoms with Gasteiger partial charge in [0.25, 0.3) is 0 Å². The molecule has 0 unspecified atom stereocenters. The van der Waals surface area contributed by atoms with E-state index in [0.29, 0.717) is 28.0 Å². The maximum atomic E-state index is 6.06. The highest BCUT2D eigenvalue weighted by atomic mass is 35.5. The predicted molar refractivity (Wildman–Crippen MR) is 75.1 cm³/mol. The molecular formula is C11H11Cl2N3S. The number of thiazole rings is 1. The Morgan fingerprint density at radius 2 is 2.00 bits per heavy atom. The maximum Gasteiger partial charge on any atom is 0.112 e. The second-order valence-electron chi connectivity index (χ2n) is 3.60. The lowest BCUT2D eigenvalue weighted by Gasteiger charge is -2.09. The van der Waals surface area contributed by atoms with Crippen molar-refractivity contribution in [2.75, 3.05) is 11.1 Å². The van der Waals surface area contributed by atoms with E-state index in [9.17, 15) is 0 Å². The zero-order valence-corrected chi connectivity index (χ0v) is 11.5.